The lowest BCUT2D eigenvalue weighted by Gasteiger charge is -2.32. The zero-order valence-corrected chi connectivity index (χ0v) is 26.1. The first-order valence-electron chi connectivity index (χ1n) is 15.5. The zero-order valence-electron chi connectivity index (χ0n) is 26.1. The number of ether oxygens (including phenoxy) is 7. The maximum Gasteiger partial charge on any atom is 0.407 e. The number of nitrogens with one attached hydrogen (secondary N) is 1. The molecule has 1 aliphatic carbocycles. The van der Waals surface area contributed by atoms with Crippen LogP contribution in [-0.4, -0.2) is 91.4 Å². The number of carbonyl (C=O) groups excluding carboxylic acids is 2. The predicted octanol–water partition coefficient (Wildman–Crippen LogP) is 3.82. The van der Waals surface area contributed by atoms with Crippen molar-refractivity contribution in [2.75, 3.05) is 19.8 Å². The van der Waals surface area contributed by atoms with E-state index in [1.165, 1.54) is 6.92 Å². The summed E-state index contributed by atoms with van der Waals surface area (Å²) in [6.07, 6.45) is -3.75. The predicted molar refractivity (Wildman–Crippen MR) is 157 cm³/mol. The number of fused-ring (bicyclic) bond motifs is 4. The summed E-state index contributed by atoms with van der Waals surface area (Å²) in [5.74, 6) is -2.16. The molecule has 4 fully saturated rings. The Kier molecular flexibility index (Phi) is 7.88. The Morgan fingerprint density at radius 3 is 2.22 bits per heavy atom. The van der Waals surface area contributed by atoms with Gasteiger partial charge in [-0.2, -0.15) is 0 Å². The molecule has 45 heavy (non-hydrogen) atoms. The van der Waals surface area contributed by atoms with Gasteiger partial charge < -0.3 is 38.5 Å². The Hall–Kier alpha value is -3.10. The van der Waals surface area contributed by atoms with E-state index in [-0.39, 0.29) is 25.2 Å². The molecule has 1 amide bonds. The van der Waals surface area contributed by atoms with Crippen LogP contribution in [-0.2, 0) is 42.8 Å². The minimum atomic E-state index is -0.866. The first-order valence-corrected chi connectivity index (χ1v) is 15.5. The van der Waals surface area contributed by atoms with Crippen molar-refractivity contribution in [3.8, 4) is 11.1 Å². The smallest absolute Gasteiger partial charge is 0.407 e. The van der Waals surface area contributed by atoms with Crippen molar-refractivity contribution in [1.82, 2.24) is 10.4 Å². The van der Waals surface area contributed by atoms with Gasteiger partial charge in [0.15, 0.2) is 17.8 Å². The number of carbonyl (C=O) groups is 2. The van der Waals surface area contributed by atoms with Crippen LogP contribution in [0.3, 0.4) is 0 Å². The van der Waals surface area contributed by atoms with Crippen molar-refractivity contribution >= 4 is 12.1 Å². The van der Waals surface area contributed by atoms with Gasteiger partial charge in [0.1, 0.15) is 31.0 Å². The van der Waals surface area contributed by atoms with Gasteiger partial charge in [0, 0.05) is 25.8 Å². The number of amides is 1. The van der Waals surface area contributed by atoms with E-state index in [1.807, 2.05) is 52.0 Å². The second-order valence-electron chi connectivity index (χ2n) is 13.0. The van der Waals surface area contributed by atoms with Gasteiger partial charge in [0.05, 0.1) is 12.6 Å². The average molecular weight is 625 g/mol. The number of hydroxylamine groups is 2. The number of hydrogen-bond donors (Lipinski definition) is 1. The normalized spacial score (nSPS) is 33.0. The van der Waals surface area contributed by atoms with Crippen molar-refractivity contribution in [3.63, 3.8) is 0 Å². The summed E-state index contributed by atoms with van der Waals surface area (Å²) >= 11 is 0. The van der Waals surface area contributed by atoms with Crippen LogP contribution in [0.15, 0.2) is 48.5 Å². The Morgan fingerprint density at radius 2 is 1.58 bits per heavy atom. The lowest BCUT2D eigenvalue weighted by atomic mass is 9.98. The number of nitrogens with zero attached hydrogens (tertiary/aromatic N) is 1. The van der Waals surface area contributed by atoms with Gasteiger partial charge in [-0.3, -0.25) is 9.63 Å². The minimum Gasteiger partial charge on any atom is -0.449 e. The van der Waals surface area contributed by atoms with Crippen molar-refractivity contribution < 1.29 is 47.6 Å². The quantitative estimate of drug-likeness (QED) is 0.453. The standard InChI is InChI=1S/C33H40N2O10/c1-18(36)40-26-14-19(15-34-31(37)38-16-24-22-12-8-6-10-20(22)21-11-7-9-13-23(21)24)35(45-26)30-29-28(43-33(4,5)44-29)27(41-30)25-17-39-32(2,3)42-25/h6-13,19,24-30H,14-17H2,1-5H3,(H,34,37)/t19-,25-,26+,27-,28+,29+,30+/m1/s1. The number of esters is 1. The summed E-state index contributed by atoms with van der Waals surface area (Å²) in [6, 6.07) is 15.9. The van der Waals surface area contributed by atoms with Crippen LogP contribution in [0.1, 0.15) is 58.1 Å². The zero-order chi connectivity index (χ0) is 31.5. The summed E-state index contributed by atoms with van der Waals surface area (Å²) in [5.41, 5.74) is 4.58. The molecule has 2 aromatic rings. The number of rotatable bonds is 7. The van der Waals surface area contributed by atoms with Gasteiger partial charge in [0.25, 0.3) is 0 Å². The maximum absolute atomic E-state index is 13.0. The van der Waals surface area contributed by atoms with E-state index in [9.17, 15) is 9.59 Å². The van der Waals surface area contributed by atoms with Crippen LogP contribution in [0.25, 0.3) is 11.1 Å². The van der Waals surface area contributed by atoms with Crippen LogP contribution in [0, 0.1) is 0 Å². The molecular weight excluding hydrogens is 584 g/mol. The third-order valence-electron chi connectivity index (χ3n) is 8.90. The molecule has 0 spiro atoms. The number of alkyl carbamates (subject to hydrolysis) is 1. The fraction of sp³-hybridized carbons (Fsp3) is 0.576. The van der Waals surface area contributed by atoms with Crippen LogP contribution >= 0.6 is 0 Å². The third kappa shape index (κ3) is 5.96. The molecule has 4 heterocycles. The van der Waals surface area contributed by atoms with Crippen LogP contribution in [0.4, 0.5) is 4.79 Å². The highest BCUT2D eigenvalue weighted by Gasteiger charge is 2.62. The fourth-order valence-electron chi connectivity index (χ4n) is 7.13. The molecule has 0 saturated carbocycles. The molecular formula is C33H40N2O10. The highest BCUT2D eigenvalue weighted by Crippen LogP contribution is 2.46. The maximum atomic E-state index is 13.0. The monoisotopic (exact) mass is 624 g/mol. The van der Waals surface area contributed by atoms with E-state index in [0.717, 1.165) is 22.3 Å². The molecule has 2 aromatic carbocycles. The SMILES string of the molecule is CC(=O)O[C@@H]1C[C@H](CNC(=O)OCC2c3ccccc3-c3ccccc32)N([C@H]2O[C@H]([C@H]3COC(C)(C)O3)[C@@H]3OC(C)(C)O[C@@H]32)O1. The first kappa shape index (κ1) is 30.5. The molecule has 4 saturated heterocycles. The molecule has 7 rings (SSSR count). The molecule has 0 aromatic heterocycles. The van der Waals surface area contributed by atoms with Gasteiger partial charge in [-0.25, -0.2) is 4.79 Å². The summed E-state index contributed by atoms with van der Waals surface area (Å²) < 4.78 is 42.2. The van der Waals surface area contributed by atoms with Gasteiger partial charge in [-0.15, -0.1) is 5.06 Å². The van der Waals surface area contributed by atoms with Gasteiger partial charge in [-0.1, -0.05) is 48.5 Å². The molecule has 7 atom stereocenters. The lowest BCUT2D eigenvalue weighted by Crippen LogP contribution is -2.49. The highest BCUT2D eigenvalue weighted by molar-refractivity contribution is 5.79. The molecule has 12 nitrogen and oxygen atoms in total. The summed E-state index contributed by atoms with van der Waals surface area (Å²) in [7, 11) is 0. The number of hydrogen-bond acceptors (Lipinski definition) is 11. The summed E-state index contributed by atoms with van der Waals surface area (Å²) in [6.45, 7) is 9.39. The van der Waals surface area contributed by atoms with E-state index >= 15 is 0 Å². The van der Waals surface area contributed by atoms with E-state index in [4.69, 9.17) is 38.0 Å². The van der Waals surface area contributed by atoms with Crippen molar-refractivity contribution in [1.29, 1.82) is 0 Å². The van der Waals surface area contributed by atoms with Gasteiger partial charge >= 0.3 is 12.1 Å². The van der Waals surface area contributed by atoms with E-state index in [0.29, 0.717) is 13.0 Å². The second-order valence-corrected chi connectivity index (χ2v) is 13.0. The molecule has 0 bridgehead atoms. The fourth-order valence-corrected chi connectivity index (χ4v) is 7.13. The van der Waals surface area contributed by atoms with E-state index < -0.39 is 60.5 Å². The third-order valence-corrected chi connectivity index (χ3v) is 8.90. The summed E-state index contributed by atoms with van der Waals surface area (Å²) in [4.78, 5) is 31.0. The second kappa shape index (κ2) is 11.6. The van der Waals surface area contributed by atoms with Crippen molar-refractivity contribution in [2.24, 2.45) is 0 Å². The Balaban J connectivity index is 1.04. The average Bonchev–Trinajstić information content (AvgIpc) is 3.77. The summed E-state index contributed by atoms with van der Waals surface area (Å²) in [5, 5.41) is 4.49. The minimum absolute atomic E-state index is 0.0572. The molecule has 0 unspecified atom stereocenters. The number of benzene rings is 2. The topological polar surface area (TPSA) is 123 Å². The van der Waals surface area contributed by atoms with E-state index in [1.54, 1.807) is 5.06 Å². The largest absolute Gasteiger partial charge is 0.449 e. The molecule has 12 heteroatoms. The van der Waals surface area contributed by atoms with Crippen molar-refractivity contribution in [3.05, 3.63) is 59.7 Å². The Labute approximate surface area is 262 Å². The van der Waals surface area contributed by atoms with Gasteiger partial charge in [0.2, 0.25) is 6.29 Å². The first-order chi connectivity index (χ1) is 21.5. The lowest BCUT2D eigenvalue weighted by molar-refractivity contribution is -0.312. The van der Waals surface area contributed by atoms with Crippen molar-refractivity contribution in [2.45, 2.75) is 102 Å². The molecule has 0 radical (unpaired) electrons. The molecule has 1 N–H and O–H groups in total. The van der Waals surface area contributed by atoms with Gasteiger partial charge in [-0.05, 0) is 49.9 Å². The Morgan fingerprint density at radius 1 is 0.911 bits per heavy atom. The highest BCUT2D eigenvalue weighted by atomic mass is 16.8. The molecule has 4 aliphatic heterocycles. The Bertz CT molecular complexity index is 1400. The molecule has 5 aliphatic rings. The van der Waals surface area contributed by atoms with Crippen LogP contribution in [0.2, 0.25) is 0 Å². The van der Waals surface area contributed by atoms with E-state index in [2.05, 4.69) is 29.6 Å². The molecule has 242 valence electrons. The van der Waals surface area contributed by atoms with Crippen LogP contribution in [0.5, 0.6) is 0 Å². The van der Waals surface area contributed by atoms with Crippen LogP contribution < -0.4 is 5.32 Å².